The van der Waals surface area contributed by atoms with E-state index >= 15 is 0 Å². The zero-order chi connectivity index (χ0) is 22.9. The Bertz CT molecular complexity index is 744. The number of carbonyl (C=O) groups excluding carboxylic acids is 2. The van der Waals surface area contributed by atoms with E-state index in [2.05, 4.69) is 41.5 Å². The Kier molecular flexibility index (Phi) is 9.28. The topological polar surface area (TPSA) is 52.6 Å². The zero-order valence-corrected chi connectivity index (χ0v) is 19.7. The summed E-state index contributed by atoms with van der Waals surface area (Å²) in [6, 6.07) is 15.4. The van der Waals surface area contributed by atoms with Crippen LogP contribution in [0.5, 0.6) is 11.5 Å². The van der Waals surface area contributed by atoms with Gasteiger partial charge in [-0.1, -0.05) is 65.8 Å². The van der Waals surface area contributed by atoms with Gasteiger partial charge >= 0.3 is 11.9 Å². The van der Waals surface area contributed by atoms with Gasteiger partial charge in [-0.3, -0.25) is 9.59 Å². The average molecular weight is 413 g/mol. The van der Waals surface area contributed by atoms with Crippen molar-refractivity contribution in [3.8, 4) is 11.5 Å². The largest absolute Gasteiger partial charge is 0.427 e. The molecule has 0 aliphatic heterocycles. The molecule has 0 aliphatic rings. The van der Waals surface area contributed by atoms with Crippen LogP contribution in [0.3, 0.4) is 0 Å². The van der Waals surface area contributed by atoms with E-state index in [0.29, 0.717) is 11.5 Å². The van der Waals surface area contributed by atoms with Crippen LogP contribution in [-0.2, 0) is 20.4 Å². The van der Waals surface area contributed by atoms with E-state index in [1.54, 1.807) is 0 Å². The van der Waals surface area contributed by atoms with E-state index in [-0.39, 0.29) is 22.8 Å². The molecule has 0 amide bonds. The van der Waals surface area contributed by atoms with E-state index in [1.165, 1.54) is 25.0 Å². The first-order valence-corrected chi connectivity index (χ1v) is 10.5. The van der Waals surface area contributed by atoms with Crippen LogP contribution in [0.2, 0.25) is 0 Å². The molecule has 0 aliphatic carbocycles. The number of rotatable bonds is 6. The van der Waals surface area contributed by atoms with Gasteiger partial charge in [-0.25, -0.2) is 0 Å². The van der Waals surface area contributed by atoms with Crippen LogP contribution in [0.15, 0.2) is 48.5 Å². The highest BCUT2D eigenvalue weighted by Gasteiger charge is 2.18. The van der Waals surface area contributed by atoms with Crippen molar-refractivity contribution in [1.82, 2.24) is 0 Å². The van der Waals surface area contributed by atoms with Crippen molar-refractivity contribution >= 4 is 11.9 Å². The standard InChI is InChI=1S/2C13H18O2/c2*1-5-13(3,4)11-6-8-12(9-7-11)15-10(2)14/h2*6-9H,5H2,1-4H3. The first-order valence-electron chi connectivity index (χ1n) is 10.5. The van der Waals surface area contributed by atoms with Crippen molar-refractivity contribution in [3.05, 3.63) is 59.7 Å². The lowest BCUT2D eigenvalue weighted by Gasteiger charge is -2.23. The van der Waals surface area contributed by atoms with Crippen molar-refractivity contribution in [2.45, 2.75) is 79.1 Å². The van der Waals surface area contributed by atoms with E-state index < -0.39 is 0 Å². The number of carbonyl (C=O) groups is 2. The van der Waals surface area contributed by atoms with E-state index in [1.807, 2.05) is 48.5 Å². The van der Waals surface area contributed by atoms with Gasteiger partial charge in [-0.2, -0.15) is 0 Å². The van der Waals surface area contributed by atoms with E-state index in [0.717, 1.165) is 12.8 Å². The maximum atomic E-state index is 10.7. The molecule has 0 unspecified atom stereocenters. The molecule has 0 heterocycles. The minimum absolute atomic E-state index is 0.175. The number of hydrogen-bond donors (Lipinski definition) is 0. The average Bonchev–Trinajstić information content (AvgIpc) is 2.68. The molecule has 0 bridgehead atoms. The van der Waals surface area contributed by atoms with Crippen molar-refractivity contribution in [2.24, 2.45) is 0 Å². The van der Waals surface area contributed by atoms with E-state index in [4.69, 9.17) is 9.47 Å². The second kappa shape index (κ2) is 11.0. The Morgan fingerprint density at radius 2 is 0.900 bits per heavy atom. The molecule has 0 saturated heterocycles. The molecule has 4 nitrogen and oxygen atoms in total. The summed E-state index contributed by atoms with van der Waals surface area (Å²) in [6.07, 6.45) is 2.17. The predicted molar refractivity (Wildman–Crippen MR) is 122 cm³/mol. The van der Waals surface area contributed by atoms with Gasteiger partial charge in [0.15, 0.2) is 0 Å². The predicted octanol–water partition coefficient (Wildman–Crippen LogP) is 6.60. The Balaban J connectivity index is 0.000000300. The van der Waals surface area contributed by atoms with Gasteiger partial charge in [0, 0.05) is 13.8 Å². The summed E-state index contributed by atoms with van der Waals surface area (Å²) in [5.74, 6) is 0.659. The molecule has 2 rings (SSSR count). The van der Waals surface area contributed by atoms with Crippen molar-refractivity contribution in [1.29, 1.82) is 0 Å². The van der Waals surface area contributed by atoms with Gasteiger partial charge in [0.1, 0.15) is 11.5 Å². The highest BCUT2D eigenvalue weighted by molar-refractivity contribution is 5.69. The van der Waals surface area contributed by atoms with Crippen LogP contribution in [0.4, 0.5) is 0 Å². The normalized spacial score (nSPS) is 11.2. The maximum absolute atomic E-state index is 10.7. The van der Waals surface area contributed by atoms with Gasteiger partial charge < -0.3 is 9.47 Å². The van der Waals surface area contributed by atoms with Gasteiger partial charge in [0.25, 0.3) is 0 Å². The Morgan fingerprint density at radius 1 is 0.633 bits per heavy atom. The fourth-order valence-electron chi connectivity index (χ4n) is 2.69. The SMILES string of the molecule is CCC(C)(C)c1ccc(OC(C)=O)cc1.CCC(C)(C)c1ccc(OC(C)=O)cc1. The summed E-state index contributed by atoms with van der Waals surface area (Å²) in [5, 5.41) is 0. The number of benzene rings is 2. The van der Waals surface area contributed by atoms with Crippen LogP contribution < -0.4 is 9.47 Å². The van der Waals surface area contributed by atoms with Crippen molar-refractivity contribution < 1.29 is 19.1 Å². The quantitative estimate of drug-likeness (QED) is 0.396. The Hall–Kier alpha value is -2.62. The third-order valence-corrected chi connectivity index (χ3v) is 5.56. The minimum atomic E-state index is -0.280. The van der Waals surface area contributed by atoms with Crippen LogP contribution in [-0.4, -0.2) is 11.9 Å². The van der Waals surface area contributed by atoms with Crippen LogP contribution in [0.25, 0.3) is 0 Å². The molecule has 0 atom stereocenters. The van der Waals surface area contributed by atoms with Gasteiger partial charge in [0.05, 0.1) is 0 Å². The van der Waals surface area contributed by atoms with Crippen molar-refractivity contribution in [3.63, 3.8) is 0 Å². The molecule has 0 radical (unpaired) electrons. The third kappa shape index (κ3) is 8.02. The fourth-order valence-corrected chi connectivity index (χ4v) is 2.69. The Labute approximate surface area is 181 Å². The molecule has 0 N–H and O–H groups in total. The summed E-state index contributed by atoms with van der Waals surface area (Å²) in [5.41, 5.74) is 2.88. The molecule has 0 spiro atoms. The first-order chi connectivity index (χ1) is 13.9. The third-order valence-electron chi connectivity index (χ3n) is 5.56. The lowest BCUT2D eigenvalue weighted by atomic mass is 9.82. The molecule has 164 valence electrons. The molecule has 4 heteroatoms. The smallest absolute Gasteiger partial charge is 0.308 e. The molecular weight excluding hydrogens is 376 g/mol. The monoisotopic (exact) mass is 412 g/mol. The summed E-state index contributed by atoms with van der Waals surface area (Å²) in [6.45, 7) is 16.0. The fraction of sp³-hybridized carbons (Fsp3) is 0.462. The lowest BCUT2D eigenvalue weighted by molar-refractivity contribution is -0.132. The van der Waals surface area contributed by atoms with Crippen LogP contribution in [0.1, 0.15) is 79.4 Å². The molecule has 30 heavy (non-hydrogen) atoms. The molecule has 0 fully saturated rings. The summed E-state index contributed by atoms with van der Waals surface area (Å²) in [4.78, 5) is 21.5. The number of esters is 2. The van der Waals surface area contributed by atoms with Crippen LogP contribution >= 0.6 is 0 Å². The molecular formula is C26H36O4. The second-order valence-corrected chi connectivity index (χ2v) is 8.71. The van der Waals surface area contributed by atoms with Gasteiger partial charge in [0.2, 0.25) is 0 Å². The molecule has 0 aromatic heterocycles. The minimum Gasteiger partial charge on any atom is -0.427 e. The highest BCUT2D eigenvalue weighted by Crippen LogP contribution is 2.29. The van der Waals surface area contributed by atoms with Crippen molar-refractivity contribution in [2.75, 3.05) is 0 Å². The van der Waals surface area contributed by atoms with Gasteiger partial charge in [-0.15, -0.1) is 0 Å². The first kappa shape index (κ1) is 25.4. The second-order valence-electron chi connectivity index (χ2n) is 8.71. The zero-order valence-electron chi connectivity index (χ0n) is 19.7. The summed E-state index contributed by atoms with van der Waals surface area (Å²) in [7, 11) is 0. The lowest BCUT2D eigenvalue weighted by Crippen LogP contribution is -2.15. The molecule has 2 aromatic carbocycles. The summed E-state index contributed by atoms with van der Waals surface area (Å²) >= 11 is 0. The Morgan fingerprint density at radius 3 is 1.10 bits per heavy atom. The van der Waals surface area contributed by atoms with Crippen LogP contribution in [0, 0.1) is 0 Å². The van der Waals surface area contributed by atoms with E-state index in [9.17, 15) is 9.59 Å². The highest BCUT2D eigenvalue weighted by atomic mass is 16.5. The maximum Gasteiger partial charge on any atom is 0.308 e. The molecule has 2 aromatic rings. The number of ether oxygens (including phenoxy) is 2. The summed E-state index contributed by atoms with van der Waals surface area (Å²) < 4.78 is 9.95. The number of hydrogen-bond acceptors (Lipinski definition) is 4. The van der Waals surface area contributed by atoms with Gasteiger partial charge in [-0.05, 0) is 59.1 Å². The molecule has 0 saturated carbocycles.